The van der Waals surface area contributed by atoms with E-state index in [2.05, 4.69) is 4.72 Å². The zero-order valence-electron chi connectivity index (χ0n) is 9.85. The third-order valence-electron chi connectivity index (χ3n) is 2.89. The second-order valence-electron chi connectivity index (χ2n) is 4.10. The minimum absolute atomic E-state index is 0.104. The van der Waals surface area contributed by atoms with Crippen LogP contribution in [0.3, 0.4) is 0 Å². The van der Waals surface area contributed by atoms with Crippen LogP contribution in [-0.4, -0.2) is 20.8 Å². The second kappa shape index (κ2) is 5.06. The van der Waals surface area contributed by atoms with Crippen LogP contribution in [0.2, 0.25) is 0 Å². The summed E-state index contributed by atoms with van der Waals surface area (Å²) in [4.78, 5) is 0. The molecule has 1 heterocycles. The fourth-order valence-corrected chi connectivity index (χ4v) is 2.79. The smallest absolute Gasteiger partial charge is 0.211 e. The largest absolute Gasteiger partial charge is 0.493 e. The van der Waals surface area contributed by atoms with Crippen molar-refractivity contribution < 1.29 is 13.2 Å². The van der Waals surface area contributed by atoms with Gasteiger partial charge in [0.2, 0.25) is 10.0 Å². The summed E-state index contributed by atoms with van der Waals surface area (Å²) < 4.78 is 31.6. The molecule has 1 aromatic carbocycles. The monoisotopic (exact) mass is 255 g/mol. The van der Waals surface area contributed by atoms with E-state index in [0.29, 0.717) is 6.61 Å². The van der Waals surface area contributed by atoms with Crippen molar-refractivity contribution in [1.82, 2.24) is 4.72 Å². The van der Waals surface area contributed by atoms with E-state index in [1.165, 1.54) is 0 Å². The van der Waals surface area contributed by atoms with Crippen molar-refractivity contribution in [3.63, 3.8) is 0 Å². The first kappa shape index (κ1) is 12.4. The van der Waals surface area contributed by atoms with Gasteiger partial charge < -0.3 is 4.74 Å². The lowest BCUT2D eigenvalue weighted by Gasteiger charge is -2.17. The van der Waals surface area contributed by atoms with E-state index in [0.717, 1.165) is 24.2 Å². The Morgan fingerprint density at radius 3 is 2.94 bits per heavy atom. The summed E-state index contributed by atoms with van der Waals surface area (Å²) in [5, 5.41) is 0. The van der Waals surface area contributed by atoms with Crippen LogP contribution < -0.4 is 9.46 Å². The Hall–Kier alpha value is -1.07. The SMILES string of the molecule is CCS(=O)(=O)NC1CCCOc2ccccc21. The maximum atomic E-state index is 11.6. The van der Waals surface area contributed by atoms with Crippen molar-refractivity contribution in [3.8, 4) is 5.75 Å². The normalized spacial score (nSPS) is 20.2. The van der Waals surface area contributed by atoms with Crippen LogP contribution in [0.1, 0.15) is 31.4 Å². The molecule has 0 aromatic heterocycles. The highest BCUT2D eigenvalue weighted by Gasteiger charge is 2.22. The Morgan fingerprint density at radius 1 is 1.41 bits per heavy atom. The van der Waals surface area contributed by atoms with E-state index in [9.17, 15) is 8.42 Å². The minimum atomic E-state index is -3.18. The van der Waals surface area contributed by atoms with Crippen LogP contribution in [0.4, 0.5) is 0 Å². The van der Waals surface area contributed by atoms with Crippen molar-refractivity contribution in [1.29, 1.82) is 0 Å². The lowest BCUT2D eigenvalue weighted by molar-refractivity contribution is 0.316. The van der Waals surface area contributed by atoms with Crippen LogP contribution >= 0.6 is 0 Å². The Labute approximate surface area is 102 Å². The van der Waals surface area contributed by atoms with Gasteiger partial charge in [-0.05, 0) is 25.8 Å². The number of ether oxygens (including phenoxy) is 1. The van der Waals surface area contributed by atoms with Crippen molar-refractivity contribution >= 4 is 10.0 Å². The van der Waals surface area contributed by atoms with Gasteiger partial charge in [-0.2, -0.15) is 0 Å². The number of para-hydroxylation sites is 1. The van der Waals surface area contributed by atoms with Crippen LogP contribution in [0.15, 0.2) is 24.3 Å². The maximum Gasteiger partial charge on any atom is 0.211 e. The molecule has 94 valence electrons. The molecule has 0 fully saturated rings. The molecule has 1 unspecified atom stereocenters. The number of rotatable bonds is 3. The average Bonchev–Trinajstić information content (AvgIpc) is 2.52. The molecule has 5 heteroatoms. The molecule has 0 radical (unpaired) electrons. The van der Waals surface area contributed by atoms with E-state index < -0.39 is 10.0 Å². The van der Waals surface area contributed by atoms with Gasteiger partial charge in [0.1, 0.15) is 5.75 Å². The van der Waals surface area contributed by atoms with Crippen molar-refractivity contribution in [2.75, 3.05) is 12.4 Å². The van der Waals surface area contributed by atoms with Crippen LogP contribution in [0.25, 0.3) is 0 Å². The third-order valence-corrected chi connectivity index (χ3v) is 4.29. The van der Waals surface area contributed by atoms with E-state index in [-0.39, 0.29) is 11.8 Å². The van der Waals surface area contributed by atoms with Crippen molar-refractivity contribution in [2.24, 2.45) is 0 Å². The Bertz CT molecular complexity index is 484. The zero-order valence-corrected chi connectivity index (χ0v) is 10.7. The highest BCUT2D eigenvalue weighted by atomic mass is 32.2. The summed E-state index contributed by atoms with van der Waals surface area (Å²) in [6.07, 6.45) is 1.63. The van der Waals surface area contributed by atoms with Crippen LogP contribution in [-0.2, 0) is 10.0 Å². The molecule has 0 saturated heterocycles. The Morgan fingerprint density at radius 2 is 2.18 bits per heavy atom. The topological polar surface area (TPSA) is 55.4 Å². The third kappa shape index (κ3) is 2.98. The molecule has 2 rings (SSSR count). The molecule has 0 saturated carbocycles. The second-order valence-corrected chi connectivity index (χ2v) is 6.14. The number of benzene rings is 1. The van der Waals surface area contributed by atoms with Crippen molar-refractivity contribution in [2.45, 2.75) is 25.8 Å². The van der Waals surface area contributed by atoms with Gasteiger partial charge in [-0.25, -0.2) is 13.1 Å². The van der Waals surface area contributed by atoms with Crippen LogP contribution in [0, 0.1) is 0 Å². The first-order valence-electron chi connectivity index (χ1n) is 5.84. The Balaban J connectivity index is 2.29. The molecule has 4 nitrogen and oxygen atoms in total. The van der Waals surface area contributed by atoms with E-state index >= 15 is 0 Å². The van der Waals surface area contributed by atoms with E-state index in [1.807, 2.05) is 24.3 Å². The highest BCUT2D eigenvalue weighted by Crippen LogP contribution is 2.31. The number of nitrogens with one attached hydrogen (secondary N) is 1. The van der Waals surface area contributed by atoms with Crippen molar-refractivity contribution in [3.05, 3.63) is 29.8 Å². The van der Waals surface area contributed by atoms with E-state index in [4.69, 9.17) is 4.74 Å². The lowest BCUT2D eigenvalue weighted by Crippen LogP contribution is -2.29. The summed E-state index contributed by atoms with van der Waals surface area (Å²) in [7, 11) is -3.18. The summed E-state index contributed by atoms with van der Waals surface area (Å²) in [5.74, 6) is 0.890. The predicted octanol–water partition coefficient (Wildman–Crippen LogP) is 1.84. The molecule has 1 N–H and O–H groups in total. The molecule has 0 spiro atoms. The first-order valence-corrected chi connectivity index (χ1v) is 7.49. The Kier molecular flexibility index (Phi) is 3.69. The quantitative estimate of drug-likeness (QED) is 0.896. The molecule has 1 aliphatic heterocycles. The predicted molar refractivity (Wildman–Crippen MR) is 66.5 cm³/mol. The highest BCUT2D eigenvalue weighted by molar-refractivity contribution is 7.89. The summed E-state index contributed by atoms with van der Waals surface area (Å²) in [5.41, 5.74) is 0.932. The summed E-state index contributed by atoms with van der Waals surface area (Å²) in [6, 6.07) is 7.44. The first-order chi connectivity index (χ1) is 8.12. The summed E-state index contributed by atoms with van der Waals surface area (Å²) in [6.45, 7) is 2.28. The maximum absolute atomic E-state index is 11.6. The molecule has 1 atom stereocenters. The average molecular weight is 255 g/mol. The van der Waals surface area contributed by atoms with E-state index in [1.54, 1.807) is 6.92 Å². The fourth-order valence-electron chi connectivity index (χ4n) is 1.95. The van der Waals surface area contributed by atoms with Gasteiger partial charge in [0.05, 0.1) is 18.4 Å². The molecule has 1 aromatic rings. The standard InChI is InChI=1S/C12H17NO3S/c1-2-17(14,15)13-11-7-5-9-16-12-8-4-3-6-10(11)12/h3-4,6,8,11,13H,2,5,7,9H2,1H3. The van der Waals surface area contributed by atoms with Gasteiger partial charge >= 0.3 is 0 Å². The molecule has 0 aliphatic carbocycles. The van der Waals surface area contributed by atoms with Gasteiger partial charge in [-0.3, -0.25) is 0 Å². The number of sulfonamides is 1. The lowest BCUT2D eigenvalue weighted by atomic mass is 10.0. The fraction of sp³-hybridized carbons (Fsp3) is 0.500. The van der Waals surface area contributed by atoms with Gasteiger partial charge in [-0.15, -0.1) is 0 Å². The van der Waals surface area contributed by atoms with Crippen LogP contribution in [0.5, 0.6) is 5.75 Å². The molecule has 0 bridgehead atoms. The molecule has 1 aliphatic rings. The minimum Gasteiger partial charge on any atom is -0.493 e. The molecular weight excluding hydrogens is 238 g/mol. The van der Waals surface area contributed by atoms with Gasteiger partial charge in [-0.1, -0.05) is 18.2 Å². The van der Waals surface area contributed by atoms with Gasteiger partial charge in [0.25, 0.3) is 0 Å². The van der Waals surface area contributed by atoms with Gasteiger partial charge in [0.15, 0.2) is 0 Å². The number of fused-ring (bicyclic) bond motifs is 1. The number of hydrogen-bond donors (Lipinski definition) is 1. The summed E-state index contributed by atoms with van der Waals surface area (Å²) >= 11 is 0. The molecule has 0 amide bonds. The molecular formula is C12H17NO3S. The zero-order chi connectivity index (χ0) is 12.3. The molecule has 17 heavy (non-hydrogen) atoms. The van der Waals surface area contributed by atoms with Gasteiger partial charge in [0, 0.05) is 5.56 Å². The number of hydrogen-bond acceptors (Lipinski definition) is 3.